The van der Waals surface area contributed by atoms with Crippen LogP contribution in [0.2, 0.25) is 0 Å². The van der Waals surface area contributed by atoms with Crippen molar-refractivity contribution in [3.8, 4) is 0 Å². The van der Waals surface area contributed by atoms with Crippen LogP contribution in [0.4, 0.5) is 26.3 Å². The summed E-state index contributed by atoms with van der Waals surface area (Å²) in [6.07, 6.45) is -9.05. The van der Waals surface area contributed by atoms with Crippen molar-refractivity contribution < 1.29 is 31.1 Å². The third-order valence-corrected chi connectivity index (χ3v) is 1.99. The lowest BCUT2D eigenvalue weighted by atomic mass is 10.2. The number of hydrogen-bond acceptors (Lipinski definition) is 1. The lowest BCUT2D eigenvalue weighted by Crippen LogP contribution is -2.44. The summed E-state index contributed by atoms with van der Waals surface area (Å²) >= 11 is 0. The first-order valence-electron chi connectivity index (χ1n) is 3.33. The highest BCUT2D eigenvalue weighted by molar-refractivity contribution is 5.10. The smallest absolute Gasteiger partial charge is 0.346 e. The Morgan fingerprint density at radius 1 is 0.923 bits per heavy atom. The van der Waals surface area contributed by atoms with Gasteiger partial charge in [-0.1, -0.05) is 0 Å². The molecule has 0 N–H and O–H groups in total. The Hall–Kier alpha value is -0.460. The van der Waals surface area contributed by atoms with E-state index >= 15 is 0 Å². The molecule has 0 spiro atoms. The number of halogens is 6. The van der Waals surface area contributed by atoms with Gasteiger partial charge >= 0.3 is 11.8 Å². The summed E-state index contributed by atoms with van der Waals surface area (Å²) < 4.78 is 78.4. The molecule has 1 aliphatic rings. The van der Waals surface area contributed by atoms with Gasteiger partial charge in [0, 0.05) is 7.11 Å². The van der Waals surface area contributed by atoms with Crippen LogP contribution in [0.5, 0.6) is 0 Å². The summed E-state index contributed by atoms with van der Waals surface area (Å²) in [6.45, 7) is 0. The van der Waals surface area contributed by atoms with Crippen LogP contribution < -0.4 is 0 Å². The molecule has 2 atom stereocenters. The molecule has 0 aromatic rings. The number of ether oxygens (including phenoxy) is 1. The van der Waals surface area contributed by atoms with Crippen molar-refractivity contribution in [2.45, 2.75) is 30.3 Å². The minimum atomic E-state index is -5.01. The fourth-order valence-corrected chi connectivity index (χ4v) is 1.17. The van der Waals surface area contributed by atoms with Gasteiger partial charge in [0.05, 0.1) is 0 Å². The summed E-state index contributed by atoms with van der Waals surface area (Å²) in [6, 6.07) is 0. The summed E-state index contributed by atoms with van der Waals surface area (Å²) in [5, 5.41) is 0. The normalized spacial score (nSPS) is 42.2. The van der Waals surface area contributed by atoms with Gasteiger partial charge in [-0.05, 0) is 0 Å². The minimum absolute atomic E-state index is 0.696. The molecule has 0 aromatic heterocycles. The van der Waals surface area contributed by atoms with E-state index in [0.717, 1.165) is 0 Å². The molecule has 0 saturated heterocycles. The molecule has 1 fully saturated rings. The molecular weight excluding hydrogens is 202 g/mol. The zero-order valence-electron chi connectivity index (χ0n) is 6.41. The Morgan fingerprint density at radius 3 is 1.38 bits per heavy atom. The lowest BCUT2D eigenvalue weighted by Gasteiger charge is -2.19. The van der Waals surface area contributed by atoms with Gasteiger partial charge in [-0.25, -0.2) is 8.78 Å². The molecule has 0 aliphatic heterocycles. The number of methoxy groups -OCH3 is 1. The minimum Gasteiger partial charge on any atom is -0.375 e. The average molecular weight is 208 g/mol. The van der Waals surface area contributed by atoms with Gasteiger partial charge in [0.1, 0.15) is 6.10 Å². The predicted octanol–water partition coefficient (Wildman–Crippen LogP) is 1.96. The maximum Gasteiger partial charge on any atom is 0.346 e. The van der Waals surface area contributed by atoms with Gasteiger partial charge in [-0.15, -0.1) is 0 Å². The van der Waals surface area contributed by atoms with E-state index in [1.807, 2.05) is 0 Å². The van der Waals surface area contributed by atoms with Gasteiger partial charge in [0.25, 0.3) is 0 Å². The largest absolute Gasteiger partial charge is 0.375 e. The monoisotopic (exact) mass is 208 g/mol. The van der Waals surface area contributed by atoms with Crippen LogP contribution in [0.3, 0.4) is 0 Å². The van der Waals surface area contributed by atoms with E-state index < -0.39 is 30.3 Å². The first-order valence-corrected chi connectivity index (χ1v) is 3.33. The molecule has 13 heavy (non-hydrogen) atoms. The summed E-state index contributed by atoms with van der Waals surface area (Å²) in [5.74, 6) is -10.0. The van der Waals surface area contributed by atoms with Crippen LogP contribution in [0.1, 0.15) is 0 Å². The Balaban J connectivity index is 3.04. The van der Waals surface area contributed by atoms with E-state index in [-0.39, 0.29) is 0 Å². The molecule has 1 rings (SSSR count). The molecule has 2 unspecified atom stereocenters. The summed E-state index contributed by atoms with van der Waals surface area (Å²) in [7, 11) is 0.696. The predicted molar refractivity (Wildman–Crippen MR) is 30.5 cm³/mol. The highest BCUT2D eigenvalue weighted by atomic mass is 19.3. The van der Waals surface area contributed by atoms with Crippen LogP contribution in [-0.2, 0) is 4.74 Å². The standard InChI is InChI=1S/C6H6F6O/c1-13-2-3(7)5(9,10)6(11,12)4(2)8/h2-4H,1H3. The van der Waals surface area contributed by atoms with Crippen molar-refractivity contribution in [3.63, 3.8) is 0 Å². The van der Waals surface area contributed by atoms with Gasteiger partial charge in [0.15, 0.2) is 12.3 Å². The lowest BCUT2D eigenvalue weighted by molar-refractivity contribution is -0.223. The Kier molecular flexibility index (Phi) is 2.26. The molecule has 0 amide bonds. The number of hydrogen-bond donors (Lipinski definition) is 0. The van der Waals surface area contributed by atoms with Gasteiger partial charge < -0.3 is 4.74 Å². The molecule has 0 aromatic carbocycles. The van der Waals surface area contributed by atoms with Crippen LogP contribution in [0.25, 0.3) is 0 Å². The summed E-state index contributed by atoms with van der Waals surface area (Å²) in [5.41, 5.74) is 0. The van der Waals surface area contributed by atoms with E-state index in [1.165, 1.54) is 0 Å². The zero-order valence-corrected chi connectivity index (χ0v) is 6.41. The van der Waals surface area contributed by atoms with E-state index in [4.69, 9.17) is 0 Å². The first-order chi connectivity index (χ1) is 5.76. The Labute approximate surface area is 69.7 Å². The molecule has 1 saturated carbocycles. The van der Waals surface area contributed by atoms with Crippen molar-refractivity contribution in [2.24, 2.45) is 0 Å². The van der Waals surface area contributed by atoms with Crippen molar-refractivity contribution in [2.75, 3.05) is 7.11 Å². The Morgan fingerprint density at radius 2 is 1.23 bits per heavy atom. The van der Waals surface area contributed by atoms with E-state index in [2.05, 4.69) is 4.74 Å². The second kappa shape index (κ2) is 2.76. The van der Waals surface area contributed by atoms with Crippen molar-refractivity contribution in [1.29, 1.82) is 0 Å². The second-order valence-electron chi connectivity index (χ2n) is 2.75. The van der Waals surface area contributed by atoms with Crippen molar-refractivity contribution in [3.05, 3.63) is 0 Å². The van der Waals surface area contributed by atoms with E-state index in [1.54, 1.807) is 0 Å². The topological polar surface area (TPSA) is 9.23 Å². The van der Waals surface area contributed by atoms with E-state index in [9.17, 15) is 26.3 Å². The molecular formula is C6H6F6O. The van der Waals surface area contributed by atoms with Crippen LogP contribution >= 0.6 is 0 Å². The molecule has 0 bridgehead atoms. The van der Waals surface area contributed by atoms with Crippen LogP contribution in [0, 0.1) is 0 Å². The zero-order chi connectivity index (χ0) is 10.4. The van der Waals surface area contributed by atoms with Gasteiger partial charge in [-0.2, -0.15) is 17.6 Å². The molecule has 78 valence electrons. The third-order valence-electron chi connectivity index (χ3n) is 1.99. The van der Waals surface area contributed by atoms with Gasteiger partial charge in [-0.3, -0.25) is 0 Å². The fraction of sp³-hybridized carbons (Fsp3) is 1.00. The molecule has 7 heteroatoms. The maximum atomic E-state index is 12.5. The quantitative estimate of drug-likeness (QED) is 0.598. The van der Waals surface area contributed by atoms with Crippen molar-refractivity contribution in [1.82, 2.24) is 0 Å². The number of alkyl halides is 6. The molecule has 1 aliphatic carbocycles. The maximum absolute atomic E-state index is 12.5. The second-order valence-corrected chi connectivity index (χ2v) is 2.75. The molecule has 1 nitrogen and oxygen atoms in total. The number of rotatable bonds is 1. The summed E-state index contributed by atoms with van der Waals surface area (Å²) in [4.78, 5) is 0. The average Bonchev–Trinajstić information content (AvgIpc) is 2.13. The Bertz CT molecular complexity index is 185. The fourth-order valence-electron chi connectivity index (χ4n) is 1.17. The highest BCUT2D eigenvalue weighted by Crippen LogP contribution is 2.51. The van der Waals surface area contributed by atoms with Gasteiger partial charge in [0.2, 0.25) is 0 Å². The third kappa shape index (κ3) is 1.13. The first kappa shape index (κ1) is 10.6. The van der Waals surface area contributed by atoms with Crippen LogP contribution in [-0.4, -0.2) is 37.4 Å². The van der Waals surface area contributed by atoms with E-state index in [0.29, 0.717) is 7.11 Å². The molecule has 0 radical (unpaired) electrons. The highest BCUT2D eigenvalue weighted by Gasteiger charge is 2.77. The van der Waals surface area contributed by atoms with Crippen molar-refractivity contribution >= 4 is 0 Å². The SMILES string of the molecule is COC1C(F)C(F)(F)C(F)(F)C1F. The molecule has 0 heterocycles. The van der Waals surface area contributed by atoms with Crippen LogP contribution in [0.15, 0.2) is 0 Å².